The lowest BCUT2D eigenvalue weighted by atomic mass is 10.0. The predicted octanol–water partition coefficient (Wildman–Crippen LogP) is 18.6. The maximum absolute atomic E-state index is 12.5. The number of unbranched alkanes of at least 4 members (excludes halogenated alkanes) is 43. The van der Waals surface area contributed by atoms with Crippen LogP contribution in [-0.2, 0) is 14.3 Å². The van der Waals surface area contributed by atoms with Gasteiger partial charge in [0.05, 0.1) is 25.4 Å². The van der Waals surface area contributed by atoms with Gasteiger partial charge in [-0.05, 0) is 64.2 Å². The van der Waals surface area contributed by atoms with Gasteiger partial charge in [-0.25, -0.2) is 0 Å². The standard InChI is InChI=1S/C61H117NO5/c1-3-5-7-9-11-13-15-17-19-21-23-25-27-29-33-37-41-45-49-53-59(64)58(57-63)62-60(65)54-50-46-42-38-34-31-32-36-40-44-48-52-56-67-61(66)55-51-47-43-39-35-30-28-26-24-22-20-18-16-14-12-10-8-6-4-2/h32,36,49,53,58-59,63-64H,3-31,33-35,37-48,50-52,54-57H2,1-2H3,(H,62,65)/b36-32-,53-49+. The van der Waals surface area contributed by atoms with E-state index in [9.17, 15) is 19.8 Å². The second-order valence-corrected chi connectivity index (χ2v) is 20.7. The number of aliphatic hydroxyl groups excluding tert-OH is 2. The molecule has 0 saturated heterocycles. The molecule has 0 radical (unpaired) electrons. The van der Waals surface area contributed by atoms with Crippen LogP contribution in [0.25, 0.3) is 0 Å². The largest absolute Gasteiger partial charge is 0.466 e. The summed E-state index contributed by atoms with van der Waals surface area (Å²) in [5.41, 5.74) is 0. The van der Waals surface area contributed by atoms with E-state index in [1.54, 1.807) is 6.08 Å². The molecule has 3 N–H and O–H groups in total. The molecule has 0 aromatic carbocycles. The van der Waals surface area contributed by atoms with Gasteiger partial charge < -0.3 is 20.3 Å². The minimum atomic E-state index is -0.861. The Hall–Kier alpha value is -1.66. The van der Waals surface area contributed by atoms with Crippen molar-refractivity contribution in [3.8, 4) is 0 Å². The number of rotatable bonds is 56. The van der Waals surface area contributed by atoms with Crippen molar-refractivity contribution in [2.45, 2.75) is 341 Å². The molecule has 1 amide bonds. The number of hydrogen-bond acceptors (Lipinski definition) is 5. The Morgan fingerprint density at radius 3 is 1.06 bits per heavy atom. The zero-order valence-corrected chi connectivity index (χ0v) is 45.1. The smallest absolute Gasteiger partial charge is 0.305 e. The molecule has 0 spiro atoms. The zero-order chi connectivity index (χ0) is 48.6. The van der Waals surface area contributed by atoms with Crippen LogP contribution in [0.5, 0.6) is 0 Å². The lowest BCUT2D eigenvalue weighted by molar-refractivity contribution is -0.143. The van der Waals surface area contributed by atoms with E-state index in [1.165, 1.54) is 225 Å². The number of allylic oxidation sites excluding steroid dienone is 3. The van der Waals surface area contributed by atoms with Crippen LogP contribution >= 0.6 is 0 Å². The molecular formula is C61H117NO5. The zero-order valence-electron chi connectivity index (χ0n) is 45.1. The highest BCUT2D eigenvalue weighted by Crippen LogP contribution is 2.17. The van der Waals surface area contributed by atoms with Gasteiger partial charge in [-0.15, -0.1) is 0 Å². The van der Waals surface area contributed by atoms with E-state index < -0.39 is 12.1 Å². The summed E-state index contributed by atoms with van der Waals surface area (Å²) in [6, 6.07) is -0.647. The average molecular weight is 945 g/mol. The third-order valence-corrected chi connectivity index (χ3v) is 14.0. The first-order valence-electron chi connectivity index (χ1n) is 30.1. The fourth-order valence-corrected chi connectivity index (χ4v) is 9.34. The number of carbonyl (C=O) groups excluding carboxylic acids is 2. The van der Waals surface area contributed by atoms with Crippen LogP contribution in [0, 0.1) is 0 Å². The van der Waals surface area contributed by atoms with Gasteiger partial charge in [0.25, 0.3) is 0 Å². The Labute approximate surface area is 418 Å². The van der Waals surface area contributed by atoms with Crippen molar-refractivity contribution in [1.29, 1.82) is 0 Å². The molecule has 0 rings (SSSR count). The summed E-state index contributed by atoms with van der Waals surface area (Å²) in [4.78, 5) is 24.6. The molecule has 0 aromatic rings. The van der Waals surface area contributed by atoms with Crippen LogP contribution in [0.1, 0.15) is 328 Å². The maximum atomic E-state index is 12.5. The second kappa shape index (κ2) is 56.9. The molecule has 2 unspecified atom stereocenters. The van der Waals surface area contributed by atoms with Crippen molar-refractivity contribution in [3.05, 3.63) is 24.3 Å². The fourth-order valence-electron chi connectivity index (χ4n) is 9.34. The van der Waals surface area contributed by atoms with Crippen molar-refractivity contribution >= 4 is 11.9 Å². The van der Waals surface area contributed by atoms with Crippen LogP contribution in [0.2, 0.25) is 0 Å². The molecule has 0 aliphatic heterocycles. The first kappa shape index (κ1) is 65.3. The third kappa shape index (κ3) is 53.5. The van der Waals surface area contributed by atoms with Crippen LogP contribution in [0.4, 0.5) is 0 Å². The quantitative estimate of drug-likeness (QED) is 0.0321. The number of hydrogen-bond donors (Lipinski definition) is 3. The topological polar surface area (TPSA) is 95.9 Å². The van der Waals surface area contributed by atoms with Crippen LogP contribution < -0.4 is 5.32 Å². The summed E-state index contributed by atoms with van der Waals surface area (Å²) in [6.45, 7) is 4.87. The van der Waals surface area contributed by atoms with Crippen molar-refractivity contribution in [3.63, 3.8) is 0 Å². The number of aliphatic hydroxyl groups is 2. The molecule has 0 aromatic heterocycles. The van der Waals surface area contributed by atoms with E-state index >= 15 is 0 Å². The van der Waals surface area contributed by atoms with E-state index in [1.807, 2.05) is 6.08 Å². The Balaban J connectivity index is 3.50. The lowest BCUT2D eigenvalue weighted by Gasteiger charge is -2.20. The lowest BCUT2D eigenvalue weighted by Crippen LogP contribution is -2.45. The SMILES string of the molecule is CCCCCCCCCCCCCCCCCCC/C=C/C(O)C(CO)NC(=O)CCCCCCC/C=C\CCCCCOC(=O)CCCCCCCCCCCCCCCCCCCCC. The normalized spacial score (nSPS) is 12.7. The molecule has 2 atom stereocenters. The minimum absolute atomic E-state index is 0.0191. The maximum Gasteiger partial charge on any atom is 0.305 e. The van der Waals surface area contributed by atoms with Gasteiger partial charge in [0.2, 0.25) is 5.91 Å². The number of ether oxygens (including phenoxy) is 1. The Kier molecular flexibility index (Phi) is 55.5. The summed E-state index contributed by atoms with van der Waals surface area (Å²) in [5, 5.41) is 23.1. The Morgan fingerprint density at radius 2 is 0.701 bits per heavy atom. The number of carbonyl (C=O) groups is 2. The molecule has 0 aliphatic carbocycles. The first-order chi connectivity index (χ1) is 33.0. The molecule has 67 heavy (non-hydrogen) atoms. The van der Waals surface area contributed by atoms with Gasteiger partial charge in [-0.3, -0.25) is 9.59 Å². The summed E-state index contributed by atoms with van der Waals surface area (Å²) < 4.78 is 5.47. The molecule has 0 saturated carbocycles. The van der Waals surface area contributed by atoms with Gasteiger partial charge in [-0.2, -0.15) is 0 Å². The van der Waals surface area contributed by atoms with Gasteiger partial charge in [-0.1, -0.05) is 276 Å². The monoisotopic (exact) mass is 944 g/mol. The molecule has 6 heteroatoms. The fraction of sp³-hybridized carbons (Fsp3) is 0.902. The number of amides is 1. The molecular weight excluding hydrogens is 827 g/mol. The highest BCUT2D eigenvalue weighted by Gasteiger charge is 2.18. The van der Waals surface area contributed by atoms with E-state index in [0.29, 0.717) is 19.4 Å². The third-order valence-electron chi connectivity index (χ3n) is 14.0. The molecule has 6 nitrogen and oxygen atoms in total. The molecule has 0 fully saturated rings. The van der Waals surface area contributed by atoms with Crippen molar-refractivity contribution in [2.24, 2.45) is 0 Å². The summed E-state index contributed by atoms with van der Waals surface area (Å²) in [6.07, 6.45) is 69.2. The van der Waals surface area contributed by atoms with E-state index in [4.69, 9.17) is 4.74 Å². The number of nitrogens with one attached hydrogen (secondary N) is 1. The van der Waals surface area contributed by atoms with Gasteiger partial charge in [0, 0.05) is 12.8 Å². The molecule has 0 aliphatic rings. The molecule has 0 bridgehead atoms. The average Bonchev–Trinajstić information content (AvgIpc) is 3.33. The van der Waals surface area contributed by atoms with Crippen LogP contribution in [-0.4, -0.2) is 47.4 Å². The van der Waals surface area contributed by atoms with Gasteiger partial charge in [0.1, 0.15) is 0 Å². The van der Waals surface area contributed by atoms with Gasteiger partial charge in [0.15, 0.2) is 0 Å². The van der Waals surface area contributed by atoms with Crippen molar-refractivity contribution in [1.82, 2.24) is 5.32 Å². The highest BCUT2D eigenvalue weighted by molar-refractivity contribution is 5.76. The summed E-state index contributed by atoms with van der Waals surface area (Å²) >= 11 is 0. The van der Waals surface area contributed by atoms with E-state index in [-0.39, 0.29) is 18.5 Å². The minimum Gasteiger partial charge on any atom is -0.466 e. The van der Waals surface area contributed by atoms with Crippen molar-refractivity contribution < 1.29 is 24.5 Å². The number of esters is 1. The van der Waals surface area contributed by atoms with Crippen molar-refractivity contribution in [2.75, 3.05) is 13.2 Å². The predicted molar refractivity (Wildman–Crippen MR) is 292 cm³/mol. The summed E-state index contributed by atoms with van der Waals surface area (Å²) in [5.74, 6) is -0.110. The van der Waals surface area contributed by atoms with Crippen LogP contribution in [0.3, 0.4) is 0 Å². The first-order valence-corrected chi connectivity index (χ1v) is 30.1. The Bertz CT molecular complexity index is 1040. The van der Waals surface area contributed by atoms with Crippen LogP contribution in [0.15, 0.2) is 24.3 Å². The van der Waals surface area contributed by atoms with E-state index in [0.717, 1.165) is 77.0 Å². The second-order valence-electron chi connectivity index (χ2n) is 20.7. The highest BCUT2D eigenvalue weighted by atomic mass is 16.5. The van der Waals surface area contributed by atoms with Gasteiger partial charge >= 0.3 is 5.97 Å². The summed E-state index contributed by atoms with van der Waals surface area (Å²) in [7, 11) is 0. The molecule has 0 heterocycles. The molecule has 396 valence electrons. The Morgan fingerprint density at radius 1 is 0.403 bits per heavy atom. The van der Waals surface area contributed by atoms with E-state index in [2.05, 4.69) is 31.3 Å².